The molecule has 160 valence electrons. The lowest BCUT2D eigenvalue weighted by atomic mass is 10.0. The van der Waals surface area contributed by atoms with Crippen LogP contribution in [-0.2, 0) is 19.6 Å². The van der Waals surface area contributed by atoms with Gasteiger partial charge in [0, 0.05) is 37.3 Å². The standard InChI is InChI=1S/C21H31N3O4S/c1-15-6-5-11-23(13-15)29(27,28)18-9-7-17(8-10-18)22-20(26)16-12-19(25)24(14-16)21(2,3)4/h7-10,15-16H,5-6,11-14H2,1-4H3,(H,22,26)/t15-,16-/m1/s1. The van der Waals surface area contributed by atoms with Gasteiger partial charge in [0.2, 0.25) is 21.8 Å². The Bertz CT molecular complexity index is 874. The highest BCUT2D eigenvalue weighted by Gasteiger charge is 2.39. The zero-order chi connectivity index (χ0) is 21.4. The van der Waals surface area contributed by atoms with Crippen LogP contribution in [0.5, 0.6) is 0 Å². The third-order valence-corrected chi connectivity index (χ3v) is 7.56. The van der Waals surface area contributed by atoms with Gasteiger partial charge in [-0.05, 0) is 63.8 Å². The molecule has 1 aromatic rings. The molecule has 2 aliphatic heterocycles. The number of nitrogens with one attached hydrogen (secondary N) is 1. The Morgan fingerprint density at radius 2 is 1.79 bits per heavy atom. The van der Waals surface area contributed by atoms with Crippen molar-refractivity contribution in [2.75, 3.05) is 25.0 Å². The SMILES string of the molecule is C[C@@H]1CCCN(S(=O)(=O)c2ccc(NC(=O)[C@@H]3CC(=O)N(C(C)(C)C)C3)cc2)C1. The first-order valence-electron chi connectivity index (χ1n) is 10.2. The topological polar surface area (TPSA) is 86.8 Å². The van der Waals surface area contributed by atoms with Crippen LogP contribution in [0.1, 0.15) is 47.0 Å². The summed E-state index contributed by atoms with van der Waals surface area (Å²) in [5.74, 6) is -0.278. The molecule has 2 atom stereocenters. The number of nitrogens with zero attached hydrogens (tertiary/aromatic N) is 2. The fourth-order valence-electron chi connectivity index (χ4n) is 4.00. The fourth-order valence-corrected chi connectivity index (χ4v) is 5.60. The van der Waals surface area contributed by atoms with Crippen molar-refractivity contribution in [1.29, 1.82) is 0 Å². The Morgan fingerprint density at radius 3 is 2.34 bits per heavy atom. The molecular weight excluding hydrogens is 390 g/mol. The normalized spacial score (nSPS) is 24.0. The number of hydrogen-bond acceptors (Lipinski definition) is 4. The number of sulfonamides is 1. The molecule has 1 N–H and O–H groups in total. The van der Waals surface area contributed by atoms with E-state index in [4.69, 9.17) is 0 Å². The number of hydrogen-bond donors (Lipinski definition) is 1. The van der Waals surface area contributed by atoms with Gasteiger partial charge in [0.15, 0.2) is 0 Å². The van der Waals surface area contributed by atoms with Crippen LogP contribution in [0.4, 0.5) is 5.69 Å². The molecule has 0 aliphatic carbocycles. The molecule has 8 heteroatoms. The van der Waals surface area contributed by atoms with Gasteiger partial charge in [-0.3, -0.25) is 9.59 Å². The van der Waals surface area contributed by atoms with Crippen LogP contribution in [0.3, 0.4) is 0 Å². The van der Waals surface area contributed by atoms with E-state index in [9.17, 15) is 18.0 Å². The minimum Gasteiger partial charge on any atom is -0.337 e. The highest BCUT2D eigenvalue weighted by atomic mass is 32.2. The summed E-state index contributed by atoms with van der Waals surface area (Å²) < 4.78 is 27.2. The van der Waals surface area contributed by atoms with Gasteiger partial charge in [0.1, 0.15) is 0 Å². The van der Waals surface area contributed by atoms with Crippen LogP contribution in [0.15, 0.2) is 29.2 Å². The van der Waals surface area contributed by atoms with E-state index in [0.717, 1.165) is 12.8 Å². The van der Waals surface area contributed by atoms with Crippen molar-refractivity contribution in [2.24, 2.45) is 11.8 Å². The minimum absolute atomic E-state index is 0.0187. The van der Waals surface area contributed by atoms with Crippen molar-refractivity contribution in [3.05, 3.63) is 24.3 Å². The van der Waals surface area contributed by atoms with Gasteiger partial charge in [-0.2, -0.15) is 4.31 Å². The van der Waals surface area contributed by atoms with Crippen LogP contribution >= 0.6 is 0 Å². The lowest BCUT2D eigenvalue weighted by molar-refractivity contribution is -0.131. The molecule has 3 rings (SSSR count). The van der Waals surface area contributed by atoms with E-state index >= 15 is 0 Å². The summed E-state index contributed by atoms with van der Waals surface area (Å²) in [4.78, 5) is 26.7. The maximum atomic E-state index is 12.8. The average molecular weight is 422 g/mol. The van der Waals surface area contributed by atoms with Crippen LogP contribution < -0.4 is 5.32 Å². The minimum atomic E-state index is -3.52. The number of piperidine rings is 1. The Morgan fingerprint density at radius 1 is 1.14 bits per heavy atom. The highest BCUT2D eigenvalue weighted by molar-refractivity contribution is 7.89. The Labute approximate surface area is 173 Å². The zero-order valence-corrected chi connectivity index (χ0v) is 18.5. The van der Waals surface area contributed by atoms with E-state index in [-0.39, 0.29) is 28.7 Å². The third kappa shape index (κ3) is 4.80. The van der Waals surface area contributed by atoms with E-state index in [1.165, 1.54) is 12.1 Å². The lowest BCUT2D eigenvalue weighted by Crippen LogP contribution is -2.42. The van der Waals surface area contributed by atoms with Crippen LogP contribution in [0, 0.1) is 11.8 Å². The summed E-state index contributed by atoms with van der Waals surface area (Å²) in [5.41, 5.74) is 0.219. The molecule has 0 saturated carbocycles. The molecule has 2 amide bonds. The molecule has 0 unspecified atom stereocenters. The summed E-state index contributed by atoms with van der Waals surface area (Å²) in [6.45, 7) is 9.41. The summed E-state index contributed by atoms with van der Waals surface area (Å²) in [7, 11) is -3.52. The summed E-state index contributed by atoms with van der Waals surface area (Å²) >= 11 is 0. The van der Waals surface area contributed by atoms with Crippen LogP contribution in [-0.4, -0.2) is 54.6 Å². The van der Waals surface area contributed by atoms with Crippen molar-refractivity contribution in [1.82, 2.24) is 9.21 Å². The van der Waals surface area contributed by atoms with E-state index in [1.807, 2.05) is 20.8 Å². The second-order valence-electron chi connectivity index (χ2n) is 9.20. The first-order valence-corrected chi connectivity index (χ1v) is 11.6. The Kier molecular flexibility index (Phi) is 6.06. The monoisotopic (exact) mass is 421 g/mol. The maximum Gasteiger partial charge on any atom is 0.243 e. The number of likely N-dealkylation sites (tertiary alicyclic amines) is 1. The molecule has 2 fully saturated rings. The molecule has 0 spiro atoms. The molecule has 2 heterocycles. The number of amides is 2. The quantitative estimate of drug-likeness (QED) is 0.810. The number of anilines is 1. The van der Waals surface area contributed by atoms with Gasteiger partial charge in [-0.25, -0.2) is 8.42 Å². The predicted octanol–water partition coefficient (Wildman–Crippen LogP) is 2.69. The molecule has 0 radical (unpaired) electrons. The smallest absolute Gasteiger partial charge is 0.243 e. The molecule has 0 aromatic heterocycles. The number of carbonyl (C=O) groups is 2. The first kappa shape index (κ1) is 21.8. The largest absolute Gasteiger partial charge is 0.337 e. The second kappa shape index (κ2) is 8.07. The third-order valence-electron chi connectivity index (χ3n) is 5.68. The van der Waals surface area contributed by atoms with E-state index < -0.39 is 15.9 Å². The molecule has 1 aromatic carbocycles. The van der Waals surface area contributed by atoms with Gasteiger partial charge in [-0.1, -0.05) is 6.92 Å². The lowest BCUT2D eigenvalue weighted by Gasteiger charge is -2.31. The molecule has 2 aliphatic rings. The molecule has 2 saturated heterocycles. The number of benzene rings is 1. The molecule has 0 bridgehead atoms. The van der Waals surface area contributed by atoms with E-state index in [1.54, 1.807) is 21.3 Å². The Balaban J connectivity index is 1.65. The summed E-state index contributed by atoms with van der Waals surface area (Å²) in [6.07, 6.45) is 2.12. The van der Waals surface area contributed by atoms with Crippen molar-refractivity contribution in [2.45, 2.75) is 57.4 Å². The summed E-state index contributed by atoms with van der Waals surface area (Å²) in [6, 6.07) is 6.28. The van der Waals surface area contributed by atoms with Crippen molar-refractivity contribution in [3.8, 4) is 0 Å². The van der Waals surface area contributed by atoms with E-state index in [2.05, 4.69) is 12.2 Å². The van der Waals surface area contributed by atoms with Gasteiger partial charge < -0.3 is 10.2 Å². The first-order chi connectivity index (χ1) is 13.5. The fraction of sp³-hybridized carbons (Fsp3) is 0.619. The van der Waals surface area contributed by atoms with Crippen LogP contribution in [0.25, 0.3) is 0 Å². The van der Waals surface area contributed by atoms with Crippen molar-refractivity contribution >= 4 is 27.5 Å². The van der Waals surface area contributed by atoms with Gasteiger partial charge in [0.25, 0.3) is 0 Å². The average Bonchev–Trinajstić information content (AvgIpc) is 3.04. The van der Waals surface area contributed by atoms with Gasteiger partial charge >= 0.3 is 0 Å². The summed E-state index contributed by atoms with van der Waals surface area (Å²) in [5, 5.41) is 2.82. The van der Waals surface area contributed by atoms with Crippen molar-refractivity contribution in [3.63, 3.8) is 0 Å². The van der Waals surface area contributed by atoms with E-state index in [0.29, 0.717) is 31.2 Å². The molecule has 7 nitrogen and oxygen atoms in total. The number of rotatable bonds is 4. The van der Waals surface area contributed by atoms with Crippen LogP contribution in [0.2, 0.25) is 0 Å². The molecule has 29 heavy (non-hydrogen) atoms. The zero-order valence-electron chi connectivity index (χ0n) is 17.6. The predicted molar refractivity (Wildman–Crippen MR) is 112 cm³/mol. The van der Waals surface area contributed by atoms with Crippen molar-refractivity contribution < 1.29 is 18.0 Å². The number of carbonyl (C=O) groups excluding carboxylic acids is 2. The van der Waals surface area contributed by atoms with Gasteiger partial charge in [0.05, 0.1) is 10.8 Å². The second-order valence-corrected chi connectivity index (χ2v) is 11.1. The molecular formula is C21H31N3O4S. The Hall–Kier alpha value is -1.93. The maximum absolute atomic E-state index is 12.8. The van der Waals surface area contributed by atoms with Gasteiger partial charge in [-0.15, -0.1) is 0 Å². The highest BCUT2D eigenvalue weighted by Crippen LogP contribution is 2.28.